The second-order valence-corrected chi connectivity index (χ2v) is 6.79. The quantitative estimate of drug-likeness (QED) is 0.820. The van der Waals surface area contributed by atoms with Gasteiger partial charge in [-0.1, -0.05) is 24.6 Å². The second-order valence-electron chi connectivity index (χ2n) is 4.07. The molecule has 4 heteroatoms. The molecule has 2 unspecified atom stereocenters. The van der Waals surface area contributed by atoms with Gasteiger partial charge in [-0.3, -0.25) is 0 Å². The summed E-state index contributed by atoms with van der Waals surface area (Å²) in [6.07, 6.45) is 1.13. The molecule has 92 valence electrons. The van der Waals surface area contributed by atoms with Crippen molar-refractivity contribution < 1.29 is 0 Å². The number of halogens is 1. The van der Waals surface area contributed by atoms with Gasteiger partial charge < -0.3 is 5.32 Å². The number of thiophene rings is 2. The first kappa shape index (κ1) is 13.1. The van der Waals surface area contributed by atoms with Crippen molar-refractivity contribution in [3.8, 4) is 0 Å². The van der Waals surface area contributed by atoms with Crippen molar-refractivity contribution in [2.24, 2.45) is 0 Å². The van der Waals surface area contributed by atoms with E-state index in [1.165, 1.54) is 9.75 Å². The Morgan fingerprint density at radius 2 is 2.12 bits per heavy atom. The third kappa shape index (κ3) is 3.32. The molecule has 0 spiro atoms. The van der Waals surface area contributed by atoms with E-state index in [0.717, 1.165) is 10.8 Å². The minimum atomic E-state index is 0.280. The van der Waals surface area contributed by atoms with Crippen LogP contribution in [0.5, 0.6) is 0 Å². The lowest BCUT2D eigenvalue weighted by Gasteiger charge is -2.20. The van der Waals surface area contributed by atoms with E-state index < -0.39 is 0 Å². The van der Waals surface area contributed by atoms with E-state index in [4.69, 9.17) is 11.6 Å². The van der Waals surface area contributed by atoms with Crippen LogP contribution in [0.4, 0.5) is 0 Å². The first-order valence-corrected chi connectivity index (χ1v) is 7.82. The number of rotatable bonds is 5. The molecule has 17 heavy (non-hydrogen) atoms. The molecule has 2 rings (SSSR count). The lowest BCUT2D eigenvalue weighted by atomic mass is 10.1. The second kappa shape index (κ2) is 6.01. The molecule has 0 amide bonds. The van der Waals surface area contributed by atoms with Crippen LogP contribution in [0.15, 0.2) is 29.6 Å². The topological polar surface area (TPSA) is 12.0 Å². The highest BCUT2D eigenvalue weighted by Crippen LogP contribution is 2.33. The Hall–Kier alpha value is -0.350. The van der Waals surface area contributed by atoms with Crippen LogP contribution in [0, 0.1) is 0 Å². The molecule has 2 aromatic rings. The fourth-order valence-electron chi connectivity index (χ4n) is 1.65. The Bertz CT molecular complexity index is 450. The van der Waals surface area contributed by atoms with Crippen LogP contribution in [0.3, 0.4) is 0 Å². The van der Waals surface area contributed by atoms with Crippen LogP contribution in [0.2, 0.25) is 4.34 Å². The molecule has 2 heterocycles. The molecule has 0 aliphatic carbocycles. The monoisotopic (exact) mass is 285 g/mol. The normalized spacial score (nSPS) is 14.8. The Labute approximate surface area is 115 Å². The van der Waals surface area contributed by atoms with E-state index in [1.54, 1.807) is 22.7 Å². The average molecular weight is 286 g/mol. The van der Waals surface area contributed by atoms with Gasteiger partial charge in [0.05, 0.1) is 10.4 Å². The molecule has 0 saturated heterocycles. The van der Waals surface area contributed by atoms with E-state index >= 15 is 0 Å². The molecule has 0 aromatic carbocycles. The van der Waals surface area contributed by atoms with Gasteiger partial charge in [0.15, 0.2) is 0 Å². The van der Waals surface area contributed by atoms with Gasteiger partial charge in [-0.25, -0.2) is 0 Å². The summed E-state index contributed by atoms with van der Waals surface area (Å²) in [7, 11) is 0. The van der Waals surface area contributed by atoms with Crippen LogP contribution in [0.1, 0.15) is 36.1 Å². The molecular weight excluding hydrogens is 270 g/mol. The molecular formula is C13H16ClNS2. The van der Waals surface area contributed by atoms with Crippen LogP contribution < -0.4 is 5.32 Å². The van der Waals surface area contributed by atoms with Crippen LogP contribution in [-0.4, -0.2) is 6.04 Å². The van der Waals surface area contributed by atoms with Gasteiger partial charge in [-0.2, -0.15) is 0 Å². The molecule has 1 N–H and O–H groups in total. The maximum absolute atomic E-state index is 6.03. The van der Waals surface area contributed by atoms with E-state index in [1.807, 2.05) is 6.07 Å². The molecule has 0 fully saturated rings. The van der Waals surface area contributed by atoms with Crippen LogP contribution in [-0.2, 0) is 0 Å². The largest absolute Gasteiger partial charge is 0.302 e. The standard InChI is InChI=1S/C13H16ClNS2/c1-3-9(2)15-13(10-5-4-8-16-10)11-6-7-12(14)17-11/h4-9,13,15H,3H2,1-2H3. The highest BCUT2D eigenvalue weighted by atomic mass is 35.5. The summed E-state index contributed by atoms with van der Waals surface area (Å²) in [6, 6.07) is 9.15. The van der Waals surface area contributed by atoms with Crippen molar-refractivity contribution in [1.82, 2.24) is 5.32 Å². The lowest BCUT2D eigenvalue weighted by Crippen LogP contribution is -2.29. The molecule has 0 bridgehead atoms. The Balaban J connectivity index is 2.24. The fraction of sp³-hybridized carbons (Fsp3) is 0.385. The molecule has 2 aromatic heterocycles. The number of hydrogen-bond acceptors (Lipinski definition) is 3. The zero-order valence-electron chi connectivity index (χ0n) is 9.94. The van der Waals surface area contributed by atoms with Crippen molar-refractivity contribution in [3.63, 3.8) is 0 Å². The maximum atomic E-state index is 6.03. The predicted octanol–water partition coefficient (Wildman–Crippen LogP) is 4.94. The first-order chi connectivity index (χ1) is 8.20. The molecule has 0 saturated carbocycles. The summed E-state index contributed by atoms with van der Waals surface area (Å²) in [4.78, 5) is 2.64. The van der Waals surface area contributed by atoms with Gasteiger partial charge in [-0.05, 0) is 36.9 Å². The van der Waals surface area contributed by atoms with Crippen molar-refractivity contribution in [2.75, 3.05) is 0 Å². The van der Waals surface area contributed by atoms with Gasteiger partial charge in [0.25, 0.3) is 0 Å². The van der Waals surface area contributed by atoms with E-state index in [0.29, 0.717) is 6.04 Å². The van der Waals surface area contributed by atoms with Crippen molar-refractivity contribution in [1.29, 1.82) is 0 Å². The molecule has 1 nitrogen and oxygen atoms in total. The van der Waals surface area contributed by atoms with Crippen molar-refractivity contribution >= 4 is 34.3 Å². The maximum Gasteiger partial charge on any atom is 0.0931 e. The zero-order chi connectivity index (χ0) is 12.3. The highest BCUT2D eigenvalue weighted by Gasteiger charge is 2.18. The van der Waals surface area contributed by atoms with Crippen LogP contribution >= 0.6 is 34.3 Å². The fourth-order valence-corrected chi connectivity index (χ4v) is 3.66. The van der Waals surface area contributed by atoms with Gasteiger partial charge in [0, 0.05) is 15.8 Å². The highest BCUT2D eigenvalue weighted by molar-refractivity contribution is 7.16. The number of hydrogen-bond donors (Lipinski definition) is 1. The number of nitrogens with one attached hydrogen (secondary N) is 1. The minimum absolute atomic E-state index is 0.280. The van der Waals surface area contributed by atoms with E-state index in [-0.39, 0.29) is 6.04 Å². The summed E-state index contributed by atoms with van der Waals surface area (Å²) >= 11 is 9.48. The smallest absolute Gasteiger partial charge is 0.0931 e. The third-order valence-electron chi connectivity index (χ3n) is 2.77. The van der Waals surface area contributed by atoms with Crippen LogP contribution in [0.25, 0.3) is 0 Å². The molecule has 2 atom stereocenters. The SMILES string of the molecule is CCC(C)NC(c1cccs1)c1ccc(Cl)s1. The minimum Gasteiger partial charge on any atom is -0.302 e. The summed E-state index contributed by atoms with van der Waals surface area (Å²) in [5, 5.41) is 5.78. The van der Waals surface area contributed by atoms with Gasteiger partial charge in [0.2, 0.25) is 0 Å². The summed E-state index contributed by atoms with van der Waals surface area (Å²) in [5.41, 5.74) is 0. The summed E-state index contributed by atoms with van der Waals surface area (Å²) in [5.74, 6) is 0. The Morgan fingerprint density at radius 3 is 2.65 bits per heavy atom. The lowest BCUT2D eigenvalue weighted by molar-refractivity contribution is 0.496. The van der Waals surface area contributed by atoms with E-state index in [9.17, 15) is 0 Å². The Morgan fingerprint density at radius 1 is 1.29 bits per heavy atom. The molecule has 0 aliphatic rings. The van der Waals surface area contributed by atoms with Gasteiger partial charge >= 0.3 is 0 Å². The van der Waals surface area contributed by atoms with Crippen molar-refractivity contribution in [3.05, 3.63) is 43.7 Å². The first-order valence-electron chi connectivity index (χ1n) is 5.75. The molecule has 0 radical (unpaired) electrons. The average Bonchev–Trinajstić information content (AvgIpc) is 2.96. The Kier molecular flexibility index (Phi) is 4.62. The molecule has 0 aliphatic heterocycles. The zero-order valence-corrected chi connectivity index (χ0v) is 12.3. The van der Waals surface area contributed by atoms with E-state index in [2.05, 4.69) is 42.7 Å². The summed E-state index contributed by atoms with van der Waals surface area (Å²) < 4.78 is 0.854. The predicted molar refractivity (Wildman–Crippen MR) is 78.4 cm³/mol. The third-order valence-corrected chi connectivity index (χ3v) is 5.00. The van der Waals surface area contributed by atoms with Gasteiger partial charge in [0.1, 0.15) is 0 Å². The summed E-state index contributed by atoms with van der Waals surface area (Å²) in [6.45, 7) is 4.42. The van der Waals surface area contributed by atoms with Crippen molar-refractivity contribution in [2.45, 2.75) is 32.4 Å². The van der Waals surface area contributed by atoms with Gasteiger partial charge in [-0.15, -0.1) is 22.7 Å².